The number of benzene rings is 1. The van der Waals surface area contributed by atoms with E-state index in [1.807, 2.05) is 30.3 Å². The topological polar surface area (TPSA) is 122 Å². The molecule has 29 heavy (non-hydrogen) atoms. The second-order valence-electron chi connectivity index (χ2n) is 7.19. The molecule has 0 radical (unpaired) electrons. The van der Waals surface area contributed by atoms with Gasteiger partial charge in [0, 0.05) is 24.6 Å². The van der Waals surface area contributed by atoms with Gasteiger partial charge in [0.1, 0.15) is 11.0 Å². The second-order valence-corrected chi connectivity index (χ2v) is 9.45. The molecule has 4 rings (SSSR count). The van der Waals surface area contributed by atoms with Gasteiger partial charge in [-0.05, 0) is 25.8 Å². The minimum absolute atomic E-state index is 0.0857. The maximum Gasteiger partial charge on any atom is 0.251 e. The van der Waals surface area contributed by atoms with Crippen LogP contribution < -0.4 is 5.73 Å². The van der Waals surface area contributed by atoms with E-state index in [-0.39, 0.29) is 11.7 Å². The molecule has 0 unspecified atom stereocenters. The average Bonchev–Trinajstić information content (AvgIpc) is 3.17. The molecule has 1 aliphatic heterocycles. The lowest BCUT2D eigenvalue weighted by Crippen LogP contribution is -2.38. The van der Waals surface area contributed by atoms with Crippen molar-refractivity contribution in [3.8, 4) is 11.3 Å². The first-order chi connectivity index (χ1) is 13.9. The molecule has 152 valence electrons. The van der Waals surface area contributed by atoms with E-state index in [4.69, 9.17) is 10.7 Å². The number of H-pyrrole nitrogens is 1. The molecule has 1 amide bonds. The molecule has 3 heterocycles. The number of sulfonamides is 1. The summed E-state index contributed by atoms with van der Waals surface area (Å²) in [5.74, 6) is -0.367. The van der Waals surface area contributed by atoms with Crippen LogP contribution in [0.2, 0.25) is 0 Å². The van der Waals surface area contributed by atoms with Crippen LogP contribution in [0.4, 0.5) is 0 Å². The van der Waals surface area contributed by atoms with E-state index >= 15 is 0 Å². The Morgan fingerprint density at radius 3 is 2.52 bits per heavy atom. The lowest BCUT2D eigenvalue weighted by molar-refractivity contribution is 0.100. The van der Waals surface area contributed by atoms with Crippen LogP contribution in [0.5, 0.6) is 0 Å². The number of nitrogens with two attached hydrogens (primary N) is 1. The molecule has 1 aliphatic rings. The predicted octanol–water partition coefficient (Wildman–Crippen LogP) is 2.25. The van der Waals surface area contributed by atoms with Crippen LogP contribution in [0, 0.1) is 0 Å². The lowest BCUT2D eigenvalue weighted by atomic mass is 9.93. The number of primary amides is 1. The third-order valence-electron chi connectivity index (χ3n) is 5.49. The zero-order chi connectivity index (χ0) is 20.6. The van der Waals surface area contributed by atoms with Gasteiger partial charge in [-0.25, -0.2) is 17.7 Å². The average molecular weight is 414 g/mol. The van der Waals surface area contributed by atoms with Crippen LogP contribution in [0.15, 0.2) is 36.4 Å². The highest BCUT2D eigenvalue weighted by molar-refractivity contribution is 7.89. The zero-order valence-corrected chi connectivity index (χ0v) is 16.9. The zero-order valence-electron chi connectivity index (χ0n) is 16.1. The van der Waals surface area contributed by atoms with Crippen molar-refractivity contribution in [3.05, 3.63) is 47.7 Å². The fourth-order valence-corrected chi connectivity index (χ4v) is 4.98. The van der Waals surface area contributed by atoms with Crippen molar-refractivity contribution in [2.45, 2.75) is 25.7 Å². The molecule has 2 aromatic heterocycles. The van der Waals surface area contributed by atoms with Crippen molar-refractivity contribution in [2.75, 3.05) is 18.8 Å². The minimum Gasteiger partial charge on any atom is -0.366 e. The third-order valence-corrected chi connectivity index (χ3v) is 7.37. The highest BCUT2D eigenvalue weighted by atomic mass is 32.2. The number of hydrogen-bond donors (Lipinski definition) is 2. The summed E-state index contributed by atoms with van der Waals surface area (Å²) in [6.07, 6.45) is 1.33. The standard InChI is InChI=1S/C20H23N5O3S/c1-2-29(27,28)25-10-8-14(9-11-25)17-19-18(24-23-17)15(20(21)26)12-16(22-19)13-6-4-3-5-7-13/h3-7,12,14H,2,8-11H2,1H3,(H2,21,26)(H,23,24). The van der Waals surface area contributed by atoms with Gasteiger partial charge in [-0.15, -0.1) is 0 Å². The maximum atomic E-state index is 12.1. The Hall–Kier alpha value is -2.78. The molecule has 3 aromatic rings. The Bertz CT molecular complexity index is 1150. The van der Waals surface area contributed by atoms with Gasteiger partial charge < -0.3 is 5.73 Å². The molecule has 0 spiro atoms. The highest BCUT2D eigenvalue weighted by Crippen LogP contribution is 2.34. The quantitative estimate of drug-likeness (QED) is 0.664. The van der Waals surface area contributed by atoms with Gasteiger partial charge in [0.15, 0.2) is 0 Å². The molecule has 0 saturated carbocycles. The first kappa shape index (κ1) is 19.5. The summed E-state index contributed by atoms with van der Waals surface area (Å²) in [5, 5.41) is 7.35. The highest BCUT2D eigenvalue weighted by Gasteiger charge is 2.30. The van der Waals surface area contributed by atoms with Crippen LogP contribution >= 0.6 is 0 Å². The van der Waals surface area contributed by atoms with Gasteiger partial charge in [0.05, 0.1) is 22.7 Å². The van der Waals surface area contributed by atoms with E-state index in [1.54, 1.807) is 17.3 Å². The normalized spacial score (nSPS) is 16.3. The number of piperidine rings is 1. The van der Waals surface area contributed by atoms with Crippen molar-refractivity contribution in [1.82, 2.24) is 19.5 Å². The van der Waals surface area contributed by atoms with Crippen LogP contribution in [0.25, 0.3) is 22.3 Å². The molecular weight excluding hydrogens is 390 g/mol. The summed E-state index contributed by atoms with van der Waals surface area (Å²) >= 11 is 0. The Morgan fingerprint density at radius 2 is 1.90 bits per heavy atom. The van der Waals surface area contributed by atoms with Crippen molar-refractivity contribution in [2.24, 2.45) is 5.73 Å². The van der Waals surface area contributed by atoms with Gasteiger partial charge in [0.2, 0.25) is 10.0 Å². The largest absolute Gasteiger partial charge is 0.366 e. The van der Waals surface area contributed by atoms with Gasteiger partial charge in [-0.1, -0.05) is 30.3 Å². The monoisotopic (exact) mass is 413 g/mol. The van der Waals surface area contributed by atoms with E-state index in [0.717, 1.165) is 11.3 Å². The molecule has 0 aliphatic carbocycles. The number of amides is 1. The SMILES string of the molecule is CCS(=O)(=O)N1CCC(c2[nH]nc3c(C(N)=O)cc(-c4ccccc4)nc23)CC1. The van der Waals surface area contributed by atoms with Crippen LogP contribution in [-0.2, 0) is 10.0 Å². The van der Waals surface area contributed by atoms with Gasteiger partial charge in [-0.2, -0.15) is 5.10 Å². The molecule has 0 atom stereocenters. The van der Waals surface area contributed by atoms with Crippen molar-refractivity contribution in [1.29, 1.82) is 0 Å². The number of carbonyl (C=O) groups excluding carboxylic acids is 1. The number of fused-ring (bicyclic) bond motifs is 1. The van der Waals surface area contributed by atoms with Crippen molar-refractivity contribution in [3.63, 3.8) is 0 Å². The number of aromatic amines is 1. The van der Waals surface area contributed by atoms with Crippen LogP contribution in [0.1, 0.15) is 41.7 Å². The summed E-state index contributed by atoms with van der Waals surface area (Å²) in [4.78, 5) is 16.8. The molecule has 1 fully saturated rings. The lowest BCUT2D eigenvalue weighted by Gasteiger charge is -2.30. The van der Waals surface area contributed by atoms with E-state index in [1.165, 1.54) is 0 Å². The summed E-state index contributed by atoms with van der Waals surface area (Å²) in [5.41, 5.74) is 9.36. The van der Waals surface area contributed by atoms with Crippen LogP contribution in [-0.4, -0.2) is 52.7 Å². The van der Waals surface area contributed by atoms with E-state index in [0.29, 0.717) is 48.2 Å². The summed E-state index contributed by atoms with van der Waals surface area (Å²) in [6.45, 7) is 2.58. The molecule has 3 N–H and O–H groups in total. The fraction of sp³-hybridized carbons (Fsp3) is 0.350. The number of rotatable bonds is 5. The molecule has 1 aromatic carbocycles. The van der Waals surface area contributed by atoms with Gasteiger partial charge in [-0.3, -0.25) is 9.89 Å². The number of nitrogens with one attached hydrogen (secondary N) is 1. The smallest absolute Gasteiger partial charge is 0.251 e. The fourth-order valence-electron chi connectivity index (χ4n) is 3.84. The first-order valence-electron chi connectivity index (χ1n) is 9.62. The number of nitrogens with zero attached hydrogens (tertiary/aromatic N) is 3. The van der Waals surface area contributed by atoms with E-state index < -0.39 is 15.9 Å². The molecule has 8 nitrogen and oxygen atoms in total. The Morgan fingerprint density at radius 1 is 1.21 bits per heavy atom. The van der Waals surface area contributed by atoms with Crippen molar-refractivity contribution < 1.29 is 13.2 Å². The van der Waals surface area contributed by atoms with E-state index in [9.17, 15) is 13.2 Å². The van der Waals surface area contributed by atoms with Crippen LogP contribution in [0.3, 0.4) is 0 Å². The Kier molecular flexibility index (Phi) is 5.10. The number of carbonyl (C=O) groups is 1. The minimum atomic E-state index is -3.19. The second kappa shape index (κ2) is 7.57. The molecule has 0 bridgehead atoms. The van der Waals surface area contributed by atoms with E-state index in [2.05, 4.69) is 10.2 Å². The Labute approximate surface area is 169 Å². The summed E-state index contributed by atoms with van der Waals surface area (Å²) < 4.78 is 25.8. The van der Waals surface area contributed by atoms with Crippen molar-refractivity contribution >= 4 is 27.0 Å². The number of pyridine rings is 1. The predicted molar refractivity (Wildman–Crippen MR) is 111 cm³/mol. The number of aromatic nitrogens is 3. The summed E-state index contributed by atoms with van der Waals surface area (Å²) in [6, 6.07) is 11.2. The van der Waals surface area contributed by atoms with Gasteiger partial charge in [0.25, 0.3) is 5.91 Å². The number of hydrogen-bond acceptors (Lipinski definition) is 5. The third kappa shape index (κ3) is 3.63. The molecule has 1 saturated heterocycles. The molecule has 9 heteroatoms. The first-order valence-corrected chi connectivity index (χ1v) is 11.2. The summed E-state index contributed by atoms with van der Waals surface area (Å²) in [7, 11) is -3.19. The maximum absolute atomic E-state index is 12.1. The molecular formula is C20H23N5O3S. The Balaban J connectivity index is 1.73. The van der Waals surface area contributed by atoms with Gasteiger partial charge >= 0.3 is 0 Å².